The van der Waals surface area contributed by atoms with Crippen LogP contribution in [0.15, 0.2) is 25.3 Å². The number of piperidine rings is 1. The molecule has 2 unspecified atom stereocenters. The number of fused-ring (bicyclic) bond motifs is 1. The summed E-state index contributed by atoms with van der Waals surface area (Å²) in [5.41, 5.74) is -1.93. The van der Waals surface area contributed by atoms with Gasteiger partial charge in [-0.25, -0.2) is 13.2 Å². The molecule has 3 aliphatic rings. The molecular weight excluding hydrogens is 671 g/mol. The monoisotopic (exact) mass is 733 g/mol. The van der Waals surface area contributed by atoms with Crippen LogP contribution in [-0.2, 0) is 29.0 Å². The Morgan fingerprint density at radius 2 is 1.57 bits per heavy atom. The number of likely N-dealkylation sites (tertiary alicyclic amines) is 1. The summed E-state index contributed by atoms with van der Waals surface area (Å²) < 4.78 is 26.4. The minimum atomic E-state index is -3.45. The molecule has 0 radical (unpaired) electrons. The van der Waals surface area contributed by atoms with Gasteiger partial charge in [0.05, 0.1) is 23.1 Å². The lowest BCUT2D eigenvalue weighted by Gasteiger charge is -2.40. The number of urea groups is 1. The van der Waals surface area contributed by atoms with E-state index in [2.05, 4.69) is 34.4 Å². The lowest BCUT2D eigenvalue weighted by Crippen LogP contribution is -2.64. The predicted molar refractivity (Wildman–Crippen MR) is 199 cm³/mol. The summed E-state index contributed by atoms with van der Waals surface area (Å²) >= 11 is 0. The van der Waals surface area contributed by atoms with Gasteiger partial charge >= 0.3 is 6.03 Å². The number of allylic oxidation sites excluding steroid dienone is 1. The van der Waals surface area contributed by atoms with Crippen molar-refractivity contribution >= 4 is 39.4 Å². The van der Waals surface area contributed by atoms with Gasteiger partial charge in [0.15, 0.2) is 9.84 Å². The molecule has 0 aromatic carbocycles. The molecule has 1 aliphatic heterocycles. The van der Waals surface area contributed by atoms with Crippen molar-refractivity contribution in [3.8, 4) is 0 Å². The van der Waals surface area contributed by atoms with Crippen LogP contribution in [0.4, 0.5) is 4.79 Å². The zero-order valence-corrected chi connectivity index (χ0v) is 32.8. The Morgan fingerprint density at radius 1 is 0.941 bits per heavy atom. The van der Waals surface area contributed by atoms with Crippen LogP contribution in [0.5, 0.6) is 0 Å². The highest BCUT2D eigenvalue weighted by atomic mass is 32.2. The van der Waals surface area contributed by atoms with Crippen molar-refractivity contribution in [2.75, 3.05) is 24.6 Å². The third-order valence-electron chi connectivity index (χ3n) is 11.0. The summed E-state index contributed by atoms with van der Waals surface area (Å²) in [7, 11) is -3.45. The van der Waals surface area contributed by atoms with E-state index in [1.807, 2.05) is 48.5 Å². The molecule has 288 valence electrons. The molecule has 4 N–H and O–H groups in total. The first-order valence-electron chi connectivity index (χ1n) is 18.6. The number of carbonyl (C=O) groups excluding carboxylic acids is 5. The Bertz CT molecular complexity index is 1430. The van der Waals surface area contributed by atoms with Crippen LogP contribution < -0.4 is 21.3 Å². The molecule has 2 aliphatic carbocycles. The molecule has 0 aromatic heterocycles. The van der Waals surface area contributed by atoms with Crippen LogP contribution in [0.25, 0.3) is 0 Å². The maximum absolute atomic E-state index is 14.5. The maximum atomic E-state index is 14.5. The predicted octanol–water partition coefficient (Wildman–Crippen LogP) is 4.06. The van der Waals surface area contributed by atoms with Gasteiger partial charge in [0.2, 0.25) is 17.6 Å². The maximum Gasteiger partial charge on any atom is 0.315 e. The Kier molecular flexibility index (Phi) is 14.1. The summed E-state index contributed by atoms with van der Waals surface area (Å²) in [6, 6.07) is -3.68. The van der Waals surface area contributed by atoms with Gasteiger partial charge in [-0.1, -0.05) is 79.9 Å². The van der Waals surface area contributed by atoms with Gasteiger partial charge in [-0.15, -0.1) is 13.2 Å². The zero-order valence-electron chi connectivity index (χ0n) is 31.9. The molecule has 3 fully saturated rings. The summed E-state index contributed by atoms with van der Waals surface area (Å²) in [5.74, 6) is -2.53. The number of rotatable bonds is 18. The number of hydrogen-bond acceptors (Lipinski definition) is 7. The minimum absolute atomic E-state index is 0.0396. The minimum Gasteiger partial charge on any atom is -0.349 e. The first-order valence-corrected chi connectivity index (χ1v) is 20.5. The topological polar surface area (TPSA) is 171 Å². The van der Waals surface area contributed by atoms with Gasteiger partial charge < -0.3 is 26.2 Å². The molecule has 5 atom stereocenters. The molecule has 13 heteroatoms. The summed E-state index contributed by atoms with van der Waals surface area (Å²) in [5, 5.41) is 11.2. The largest absolute Gasteiger partial charge is 0.349 e. The third-order valence-corrected chi connectivity index (χ3v) is 12.8. The average Bonchev–Trinajstić information content (AvgIpc) is 3.34. The Balaban J connectivity index is 1.83. The second-order valence-electron chi connectivity index (χ2n) is 17.0. The summed E-state index contributed by atoms with van der Waals surface area (Å²) in [6.07, 6.45) is 8.40. The number of nitrogens with one attached hydrogen (secondary N) is 4. The van der Waals surface area contributed by atoms with Gasteiger partial charge in [0.25, 0.3) is 5.91 Å². The SMILES string of the molecule is C=CCCNC(=O)C(=O)C(CCC=C)NC(=O)[C@@H]1[C@@H]2C(CN1C(=O)[C@@H](NC(=O)NC1(CS(=O)(=O)CCC(C)C)CCCCC1)C(C)(C)C)C2(C)C. The van der Waals surface area contributed by atoms with E-state index in [1.165, 1.54) is 4.90 Å². The highest BCUT2D eigenvalue weighted by Gasteiger charge is 2.70. The fourth-order valence-electron chi connectivity index (χ4n) is 7.82. The molecule has 0 bridgehead atoms. The summed E-state index contributed by atoms with van der Waals surface area (Å²) in [4.78, 5) is 69.7. The standard InChI is InChI=1S/C38H63N5O7S/c1-10-12-17-27(30(44)33(46)39-21-13-11-2)40-32(45)29-28-26(37(28,8)9)23-43(29)34(47)31(36(5,6)7)41-35(48)42-38(19-15-14-16-20-38)24-51(49,50)22-18-25(3)4/h10-11,25-29,31H,1-2,12-24H2,3-9H3,(H,39,46)(H,40,45)(H2,41,42,48)/t26?,27?,28-,29-,31+/m0/s1. The number of hydrogen-bond donors (Lipinski definition) is 4. The average molecular weight is 734 g/mol. The van der Waals surface area contributed by atoms with Crippen molar-refractivity contribution in [1.29, 1.82) is 0 Å². The van der Waals surface area contributed by atoms with Gasteiger partial charge in [-0.05, 0) is 67.1 Å². The van der Waals surface area contributed by atoms with Crippen molar-refractivity contribution in [2.45, 2.75) is 130 Å². The zero-order chi connectivity index (χ0) is 38.4. The van der Waals surface area contributed by atoms with Crippen LogP contribution in [0.2, 0.25) is 0 Å². The van der Waals surface area contributed by atoms with E-state index in [0.29, 0.717) is 38.6 Å². The number of amides is 5. The molecule has 51 heavy (non-hydrogen) atoms. The molecule has 0 spiro atoms. The lowest BCUT2D eigenvalue weighted by atomic mass is 9.83. The number of nitrogens with zero attached hydrogens (tertiary/aromatic N) is 1. The smallest absolute Gasteiger partial charge is 0.315 e. The second kappa shape index (κ2) is 17.1. The lowest BCUT2D eigenvalue weighted by molar-refractivity contribution is -0.145. The number of sulfone groups is 1. The van der Waals surface area contributed by atoms with Crippen molar-refractivity contribution in [1.82, 2.24) is 26.2 Å². The number of carbonyl (C=O) groups is 5. The van der Waals surface area contributed by atoms with Gasteiger partial charge in [-0.3, -0.25) is 19.2 Å². The second-order valence-corrected chi connectivity index (χ2v) is 19.2. The number of Topliss-reactive ketones (excluding diaryl/α,β-unsaturated/α-hetero) is 1. The molecule has 5 amide bonds. The van der Waals surface area contributed by atoms with E-state index in [-0.39, 0.29) is 47.6 Å². The van der Waals surface area contributed by atoms with Gasteiger partial charge in [-0.2, -0.15) is 0 Å². The van der Waals surface area contributed by atoms with Gasteiger partial charge in [0, 0.05) is 13.1 Å². The van der Waals surface area contributed by atoms with E-state index in [0.717, 1.165) is 19.3 Å². The van der Waals surface area contributed by atoms with Crippen LogP contribution in [0.3, 0.4) is 0 Å². The fraction of sp³-hybridized carbons (Fsp3) is 0.763. The van der Waals surface area contributed by atoms with Gasteiger partial charge in [0.1, 0.15) is 12.1 Å². The van der Waals surface area contributed by atoms with Crippen LogP contribution in [0.1, 0.15) is 106 Å². The molecule has 3 rings (SSSR count). The Hall–Kier alpha value is -3.22. The van der Waals surface area contributed by atoms with Crippen molar-refractivity contribution in [3.63, 3.8) is 0 Å². The Labute approximate surface area is 305 Å². The van der Waals surface area contributed by atoms with Crippen LogP contribution in [0, 0.1) is 28.6 Å². The molecule has 1 saturated heterocycles. The first kappa shape index (κ1) is 42.2. The van der Waals surface area contributed by atoms with E-state index in [9.17, 15) is 32.4 Å². The first-order chi connectivity index (χ1) is 23.7. The fourth-order valence-corrected chi connectivity index (χ4v) is 10.00. The molecule has 12 nitrogen and oxygen atoms in total. The molecule has 2 saturated carbocycles. The molecular formula is C38H63N5O7S. The van der Waals surface area contributed by atoms with Crippen molar-refractivity contribution < 1.29 is 32.4 Å². The van der Waals surface area contributed by atoms with Crippen LogP contribution >= 0.6 is 0 Å². The number of ketones is 1. The third kappa shape index (κ3) is 10.9. The Morgan fingerprint density at radius 3 is 2.14 bits per heavy atom. The quantitative estimate of drug-likeness (QED) is 0.0935. The highest BCUT2D eigenvalue weighted by Crippen LogP contribution is 2.65. The molecule has 1 heterocycles. The van der Waals surface area contributed by atoms with E-state index in [1.54, 1.807) is 12.2 Å². The molecule has 0 aromatic rings. The normalized spacial score (nSPS) is 23.3. The highest BCUT2D eigenvalue weighted by molar-refractivity contribution is 7.91. The van der Waals surface area contributed by atoms with E-state index >= 15 is 0 Å². The van der Waals surface area contributed by atoms with E-state index in [4.69, 9.17) is 0 Å². The van der Waals surface area contributed by atoms with Crippen LogP contribution in [-0.4, -0.2) is 91.1 Å². The van der Waals surface area contributed by atoms with E-state index < -0.39 is 68.5 Å². The summed E-state index contributed by atoms with van der Waals surface area (Å²) in [6.45, 7) is 21.4. The van der Waals surface area contributed by atoms with Crippen molar-refractivity contribution in [3.05, 3.63) is 25.3 Å². The van der Waals surface area contributed by atoms with Crippen molar-refractivity contribution in [2.24, 2.45) is 28.6 Å².